The number of rotatable bonds is 5. The lowest BCUT2D eigenvalue weighted by atomic mass is 9.85. The summed E-state index contributed by atoms with van der Waals surface area (Å²) in [5.41, 5.74) is 0.969. The van der Waals surface area contributed by atoms with E-state index in [1.807, 2.05) is 18.2 Å². The standard InChI is InChI=1S/C16H23BrO2/c1-19-13-8-9-14(15(17)11-13)16(18)10-7-12-5-3-2-4-6-12/h8-9,11-12,16,18H,2-7,10H2,1H3. The van der Waals surface area contributed by atoms with Gasteiger partial charge in [-0.2, -0.15) is 0 Å². The number of hydrogen-bond donors (Lipinski definition) is 1. The molecule has 1 unspecified atom stereocenters. The van der Waals surface area contributed by atoms with Gasteiger partial charge in [0.15, 0.2) is 0 Å². The van der Waals surface area contributed by atoms with Crippen LogP contribution in [0.2, 0.25) is 0 Å². The zero-order valence-corrected chi connectivity index (χ0v) is 13.2. The molecule has 1 atom stereocenters. The maximum atomic E-state index is 10.3. The van der Waals surface area contributed by atoms with Crippen molar-refractivity contribution in [3.05, 3.63) is 28.2 Å². The van der Waals surface area contributed by atoms with Crippen molar-refractivity contribution in [2.24, 2.45) is 5.92 Å². The van der Waals surface area contributed by atoms with Gasteiger partial charge >= 0.3 is 0 Å². The van der Waals surface area contributed by atoms with Crippen LogP contribution in [0.1, 0.15) is 56.6 Å². The average molecular weight is 327 g/mol. The van der Waals surface area contributed by atoms with Crippen LogP contribution >= 0.6 is 15.9 Å². The molecule has 2 rings (SSSR count). The highest BCUT2D eigenvalue weighted by molar-refractivity contribution is 9.10. The van der Waals surface area contributed by atoms with E-state index in [1.54, 1.807) is 7.11 Å². The molecule has 0 amide bonds. The summed E-state index contributed by atoms with van der Waals surface area (Å²) >= 11 is 3.51. The Hall–Kier alpha value is -0.540. The Labute approximate surface area is 124 Å². The van der Waals surface area contributed by atoms with Crippen LogP contribution in [0.4, 0.5) is 0 Å². The summed E-state index contributed by atoms with van der Waals surface area (Å²) in [4.78, 5) is 0. The maximum Gasteiger partial charge on any atom is 0.120 e. The molecule has 1 aliphatic carbocycles. The number of ether oxygens (including phenoxy) is 1. The lowest BCUT2D eigenvalue weighted by Gasteiger charge is -2.23. The lowest BCUT2D eigenvalue weighted by Crippen LogP contribution is -2.08. The largest absolute Gasteiger partial charge is 0.497 e. The maximum absolute atomic E-state index is 10.3. The first-order valence-corrected chi connectivity index (χ1v) is 8.01. The van der Waals surface area contributed by atoms with Crippen molar-refractivity contribution in [1.82, 2.24) is 0 Å². The molecule has 19 heavy (non-hydrogen) atoms. The molecule has 1 fully saturated rings. The first kappa shape index (κ1) is 14.9. The van der Waals surface area contributed by atoms with Crippen molar-refractivity contribution < 1.29 is 9.84 Å². The van der Waals surface area contributed by atoms with Gasteiger partial charge in [0.2, 0.25) is 0 Å². The number of halogens is 1. The second kappa shape index (κ2) is 7.30. The minimum atomic E-state index is -0.373. The summed E-state index contributed by atoms with van der Waals surface area (Å²) in [5, 5.41) is 10.3. The molecule has 0 spiro atoms. The quantitative estimate of drug-likeness (QED) is 0.837. The fraction of sp³-hybridized carbons (Fsp3) is 0.625. The number of aliphatic hydroxyl groups excluding tert-OH is 1. The van der Waals surface area contributed by atoms with Crippen molar-refractivity contribution >= 4 is 15.9 Å². The Kier molecular flexibility index (Phi) is 5.71. The summed E-state index contributed by atoms with van der Waals surface area (Å²) in [6, 6.07) is 5.78. The molecule has 1 aromatic carbocycles. The smallest absolute Gasteiger partial charge is 0.120 e. The monoisotopic (exact) mass is 326 g/mol. The fourth-order valence-corrected chi connectivity index (χ4v) is 3.55. The van der Waals surface area contributed by atoms with Gasteiger partial charge in [-0.1, -0.05) is 54.1 Å². The highest BCUT2D eigenvalue weighted by Gasteiger charge is 2.17. The number of methoxy groups -OCH3 is 1. The number of benzene rings is 1. The molecule has 1 saturated carbocycles. The SMILES string of the molecule is COc1ccc(C(O)CCC2CCCCC2)c(Br)c1. The van der Waals surface area contributed by atoms with Gasteiger partial charge in [0.25, 0.3) is 0 Å². The zero-order valence-electron chi connectivity index (χ0n) is 11.6. The van der Waals surface area contributed by atoms with Crippen LogP contribution in [-0.4, -0.2) is 12.2 Å². The predicted molar refractivity (Wildman–Crippen MR) is 81.5 cm³/mol. The zero-order chi connectivity index (χ0) is 13.7. The summed E-state index contributed by atoms with van der Waals surface area (Å²) in [7, 11) is 1.65. The Bertz CT molecular complexity index is 400. The van der Waals surface area contributed by atoms with Crippen molar-refractivity contribution in [3.63, 3.8) is 0 Å². The van der Waals surface area contributed by atoms with Gasteiger partial charge in [-0.25, -0.2) is 0 Å². The summed E-state index contributed by atoms with van der Waals surface area (Å²) in [6.07, 6.45) is 8.44. The highest BCUT2D eigenvalue weighted by Crippen LogP contribution is 2.33. The normalized spacial score (nSPS) is 18.3. The molecular weight excluding hydrogens is 304 g/mol. The van der Waals surface area contributed by atoms with E-state index in [0.717, 1.165) is 34.5 Å². The molecule has 1 aliphatic rings. The van der Waals surface area contributed by atoms with Gasteiger partial charge in [-0.15, -0.1) is 0 Å². The summed E-state index contributed by atoms with van der Waals surface area (Å²) < 4.78 is 6.11. The first-order valence-electron chi connectivity index (χ1n) is 7.22. The summed E-state index contributed by atoms with van der Waals surface area (Å²) in [6.45, 7) is 0. The van der Waals surface area contributed by atoms with E-state index in [9.17, 15) is 5.11 Å². The third kappa shape index (κ3) is 4.22. The topological polar surface area (TPSA) is 29.5 Å². The van der Waals surface area contributed by atoms with E-state index >= 15 is 0 Å². The second-order valence-electron chi connectivity index (χ2n) is 5.48. The Balaban J connectivity index is 1.89. The minimum absolute atomic E-state index is 0.373. The van der Waals surface area contributed by atoms with Crippen molar-refractivity contribution in [1.29, 1.82) is 0 Å². The Morgan fingerprint density at radius 1 is 1.32 bits per heavy atom. The third-order valence-electron chi connectivity index (χ3n) is 4.14. The van der Waals surface area contributed by atoms with E-state index in [1.165, 1.54) is 32.1 Å². The Morgan fingerprint density at radius 3 is 2.68 bits per heavy atom. The molecule has 2 nitrogen and oxygen atoms in total. The van der Waals surface area contributed by atoms with Crippen LogP contribution in [0.15, 0.2) is 22.7 Å². The van der Waals surface area contributed by atoms with E-state index < -0.39 is 0 Å². The molecule has 0 bridgehead atoms. The minimum Gasteiger partial charge on any atom is -0.497 e. The lowest BCUT2D eigenvalue weighted by molar-refractivity contribution is 0.150. The van der Waals surface area contributed by atoms with Gasteiger partial charge in [-0.05, 0) is 36.5 Å². The van der Waals surface area contributed by atoms with Crippen LogP contribution in [0.5, 0.6) is 5.75 Å². The van der Waals surface area contributed by atoms with Crippen LogP contribution in [-0.2, 0) is 0 Å². The van der Waals surface area contributed by atoms with E-state index in [0.29, 0.717) is 0 Å². The Morgan fingerprint density at radius 2 is 2.05 bits per heavy atom. The van der Waals surface area contributed by atoms with Crippen molar-refractivity contribution in [2.75, 3.05) is 7.11 Å². The van der Waals surface area contributed by atoms with E-state index in [-0.39, 0.29) is 6.10 Å². The molecule has 0 heterocycles. The molecule has 0 aliphatic heterocycles. The van der Waals surface area contributed by atoms with E-state index in [4.69, 9.17) is 4.74 Å². The van der Waals surface area contributed by atoms with Crippen molar-refractivity contribution in [2.45, 2.75) is 51.0 Å². The van der Waals surface area contributed by atoms with Crippen molar-refractivity contribution in [3.8, 4) is 5.75 Å². The fourth-order valence-electron chi connectivity index (χ4n) is 2.93. The second-order valence-corrected chi connectivity index (χ2v) is 6.34. The van der Waals surface area contributed by atoms with Crippen LogP contribution in [0.25, 0.3) is 0 Å². The number of aliphatic hydroxyl groups is 1. The van der Waals surface area contributed by atoms with Crippen LogP contribution in [0.3, 0.4) is 0 Å². The first-order chi connectivity index (χ1) is 9.20. The van der Waals surface area contributed by atoms with Gasteiger partial charge < -0.3 is 9.84 Å². The molecule has 0 aromatic heterocycles. The molecule has 3 heteroatoms. The van der Waals surface area contributed by atoms with Crippen LogP contribution in [0, 0.1) is 5.92 Å². The number of hydrogen-bond acceptors (Lipinski definition) is 2. The highest BCUT2D eigenvalue weighted by atomic mass is 79.9. The van der Waals surface area contributed by atoms with Crippen LogP contribution < -0.4 is 4.74 Å². The van der Waals surface area contributed by atoms with Gasteiger partial charge in [0, 0.05) is 4.47 Å². The van der Waals surface area contributed by atoms with Gasteiger partial charge in [-0.3, -0.25) is 0 Å². The third-order valence-corrected chi connectivity index (χ3v) is 4.83. The van der Waals surface area contributed by atoms with Gasteiger partial charge in [0.1, 0.15) is 5.75 Å². The van der Waals surface area contributed by atoms with E-state index in [2.05, 4.69) is 15.9 Å². The molecule has 106 valence electrons. The molecular formula is C16H23BrO2. The molecule has 1 N–H and O–H groups in total. The predicted octanol–water partition coefficient (Wildman–Crippen LogP) is 4.85. The molecule has 0 saturated heterocycles. The molecule has 1 aromatic rings. The molecule has 0 radical (unpaired) electrons. The average Bonchev–Trinajstić information content (AvgIpc) is 2.45. The summed E-state index contributed by atoms with van der Waals surface area (Å²) in [5.74, 6) is 1.63. The van der Waals surface area contributed by atoms with Gasteiger partial charge in [0.05, 0.1) is 13.2 Å².